The molecule has 2 heteroatoms. The van der Waals surface area contributed by atoms with Crippen LogP contribution in [0.4, 0.5) is 0 Å². The number of hydrogen-bond acceptors (Lipinski definition) is 2. The molecule has 1 unspecified atom stereocenters. The lowest BCUT2D eigenvalue weighted by molar-refractivity contribution is 0.115. The summed E-state index contributed by atoms with van der Waals surface area (Å²) in [6.07, 6.45) is 12.1. The molecule has 2 rings (SSSR count). The predicted octanol–water partition coefficient (Wildman–Crippen LogP) is 2.35. The van der Waals surface area contributed by atoms with Crippen molar-refractivity contribution in [2.75, 3.05) is 19.6 Å². The minimum absolute atomic E-state index is 0.710. The molecule has 0 bridgehead atoms. The summed E-state index contributed by atoms with van der Waals surface area (Å²) in [5, 5.41) is 3.66. The predicted molar refractivity (Wildman–Crippen MR) is 60.3 cm³/mol. The SMILES string of the molecule is C1CCCCN2CCCNC2CCC1. The van der Waals surface area contributed by atoms with Crippen LogP contribution < -0.4 is 5.32 Å². The van der Waals surface area contributed by atoms with E-state index in [9.17, 15) is 0 Å². The average molecular weight is 196 g/mol. The molecule has 0 aromatic heterocycles. The van der Waals surface area contributed by atoms with Gasteiger partial charge in [0.1, 0.15) is 0 Å². The van der Waals surface area contributed by atoms with Crippen molar-refractivity contribution in [1.82, 2.24) is 10.2 Å². The molecule has 0 aliphatic carbocycles. The Morgan fingerprint density at radius 2 is 1.50 bits per heavy atom. The molecule has 2 saturated heterocycles. The first-order valence-corrected chi connectivity index (χ1v) is 6.44. The highest BCUT2D eigenvalue weighted by Gasteiger charge is 2.20. The normalized spacial score (nSPS) is 32.1. The van der Waals surface area contributed by atoms with Crippen molar-refractivity contribution >= 4 is 0 Å². The molecule has 2 nitrogen and oxygen atoms in total. The Hall–Kier alpha value is -0.0800. The van der Waals surface area contributed by atoms with Crippen LogP contribution in [0, 0.1) is 0 Å². The maximum absolute atomic E-state index is 3.66. The number of hydrogen-bond donors (Lipinski definition) is 1. The fourth-order valence-corrected chi connectivity index (χ4v) is 2.75. The van der Waals surface area contributed by atoms with Gasteiger partial charge in [0.25, 0.3) is 0 Å². The topological polar surface area (TPSA) is 15.3 Å². The minimum atomic E-state index is 0.710. The monoisotopic (exact) mass is 196 g/mol. The molecule has 2 fully saturated rings. The van der Waals surface area contributed by atoms with Crippen molar-refractivity contribution in [3.63, 3.8) is 0 Å². The molecule has 0 amide bonds. The van der Waals surface area contributed by atoms with E-state index in [0.717, 1.165) is 0 Å². The van der Waals surface area contributed by atoms with E-state index in [0.29, 0.717) is 6.17 Å². The number of fused-ring (bicyclic) bond motifs is 1. The van der Waals surface area contributed by atoms with Crippen LogP contribution in [-0.4, -0.2) is 30.7 Å². The first kappa shape index (κ1) is 10.4. The average Bonchev–Trinajstić information content (AvgIpc) is 2.25. The van der Waals surface area contributed by atoms with Crippen LogP contribution in [0.25, 0.3) is 0 Å². The van der Waals surface area contributed by atoms with Crippen LogP contribution in [-0.2, 0) is 0 Å². The Morgan fingerprint density at radius 3 is 2.43 bits per heavy atom. The highest BCUT2D eigenvalue weighted by molar-refractivity contribution is 4.75. The Kier molecular flexibility index (Phi) is 4.26. The fourth-order valence-electron chi connectivity index (χ4n) is 2.75. The summed E-state index contributed by atoms with van der Waals surface area (Å²) in [6, 6.07) is 0. The summed E-state index contributed by atoms with van der Waals surface area (Å²) in [7, 11) is 0. The number of rotatable bonds is 0. The third-order valence-electron chi connectivity index (χ3n) is 3.62. The second kappa shape index (κ2) is 5.72. The Morgan fingerprint density at radius 1 is 0.786 bits per heavy atom. The molecule has 0 radical (unpaired) electrons. The Labute approximate surface area is 88.1 Å². The zero-order valence-electron chi connectivity index (χ0n) is 9.30. The van der Waals surface area contributed by atoms with Crippen molar-refractivity contribution in [3.8, 4) is 0 Å². The van der Waals surface area contributed by atoms with Gasteiger partial charge in [-0.1, -0.05) is 32.1 Å². The highest BCUT2D eigenvalue weighted by atomic mass is 15.3. The minimum Gasteiger partial charge on any atom is -0.302 e. The van der Waals surface area contributed by atoms with Crippen LogP contribution in [0.1, 0.15) is 51.4 Å². The molecular formula is C12H24N2. The van der Waals surface area contributed by atoms with Gasteiger partial charge in [0, 0.05) is 6.54 Å². The molecule has 14 heavy (non-hydrogen) atoms. The van der Waals surface area contributed by atoms with Gasteiger partial charge in [-0.15, -0.1) is 0 Å². The second-order valence-electron chi connectivity index (χ2n) is 4.77. The third kappa shape index (κ3) is 2.96. The van der Waals surface area contributed by atoms with Gasteiger partial charge < -0.3 is 5.32 Å². The molecule has 0 spiro atoms. The molecule has 2 heterocycles. The van der Waals surface area contributed by atoms with E-state index in [1.165, 1.54) is 71.0 Å². The lowest BCUT2D eigenvalue weighted by atomic mass is 10.0. The summed E-state index contributed by atoms with van der Waals surface area (Å²) in [5.41, 5.74) is 0. The van der Waals surface area contributed by atoms with Crippen LogP contribution in [0.3, 0.4) is 0 Å². The summed E-state index contributed by atoms with van der Waals surface area (Å²) >= 11 is 0. The molecule has 2 aliphatic heterocycles. The van der Waals surface area contributed by atoms with E-state index in [-0.39, 0.29) is 0 Å². The standard InChI is InChI=1S/C12H24N2/c1-2-4-6-10-14-11-7-9-13-12(14)8-5-3-1/h12-13H,1-11H2. The van der Waals surface area contributed by atoms with Gasteiger partial charge in [-0.3, -0.25) is 4.90 Å². The van der Waals surface area contributed by atoms with E-state index < -0.39 is 0 Å². The first-order chi connectivity index (χ1) is 6.97. The molecular weight excluding hydrogens is 172 g/mol. The summed E-state index contributed by atoms with van der Waals surface area (Å²) in [4.78, 5) is 2.68. The van der Waals surface area contributed by atoms with E-state index in [1.807, 2.05) is 0 Å². The van der Waals surface area contributed by atoms with E-state index in [2.05, 4.69) is 10.2 Å². The third-order valence-corrected chi connectivity index (χ3v) is 3.62. The molecule has 82 valence electrons. The maximum atomic E-state index is 3.66. The van der Waals surface area contributed by atoms with Crippen LogP contribution in [0.15, 0.2) is 0 Å². The maximum Gasteiger partial charge on any atom is 0.0597 e. The summed E-state index contributed by atoms with van der Waals surface area (Å²) < 4.78 is 0. The second-order valence-corrected chi connectivity index (χ2v) is 4.77. The molecule has 1 N–H and O–H groups in total. The zero-order chi connectivity index (χ0) is 9.64. The van der Waals surface area contributed by atoms with Crippen molar-refractivity contribution < 1.29 is 0 Å². The molecule has 0 aromatic rings. The fraction of sp³-hybridized carbons (Fsp3) is 1.00. The smallest absolute Gasteiger partial charge is 0.0597 e. The molecule has 1 atom stereocenters. The van der Waals surface area contributed by atoms with Crippen LogP contribution in [0.2, 0.25) is 0 Å². The van der Waals surface area contributed by atoms with Gasteiger partial charge in [0.15, 0.2) is 0 Å². The van der Waals surface area contributed by atoms with Gasteiger partial charge in [-0.2, -0.15) is 0 Å². The molecule has 0 aromatic carbocycles. The van der Waals surface area contributed by atoms with Crippen molar-refractivity contribution in [3.05, 3.63) is 0 Å². The van der Waals surface area contributed by atoms with Gasteiger partial charge in [0.2, 0.25) is 0 Å². The van der Waals surface area contributed by atoms with Gasteiger partial charge >= 0.3 is 0 Å². The summed E-state index contributed by atoms with van der Waals surface area (Å²) in [5.74, 6) is 0. The van der Waals surface area contributed by atoms with Crippen molar-refractivity contribution in [1.29, 1.82) is 0 Å². The van der Waals surface area contributed by atoms with E-state index >= 15 is 0 Å². The number of nitrogens with one attached hydrogen (secondary N) is 1. The molecule has 0 saturated carbocycles. The number of nitrogens with zero attached hydrogens (tertiary/aromatic N) is 1. The van der Waals surface area contributed by atoms with Crippen molar-refractivity contribution in [2.24, 2.45) is 0 Å². The van der Waals surface area contributed by atoms with Gasteiger partial charge in [-0.05, 0) is 32.4 Å². The van der Waals surface area contributed by atoms with Gasteiger partial charge in [0.05, 0.1) is 6.17 Å². The van der Waals surface area contributed by atoms with Gasteiger partial charge in [-0.25, -0.2) is 0 Å². The highest BCUT2D eigenvalue weighted by Crippen LogP contribution is 2.17. The quantitative estimate of drug-likeness (QED) is 0.640. The lowest BCUT2D eigenvalue weighted by Crippen LogP contribution is -2.51. The van der Waals surface area contributed by atoms with E-state index in [1.54, 1.807) is 0 Å². The van der Waals surface area contributed by atoms with Crippen molar-refractivity contribution in [2.45, 2.75) is 57.5 Å². The summed E-state index contributed by atoms with van der Waals surface area (Å²) in [6.45, 7) is 3.90. The largest absolute Gasteiger partial charge is 0.302 e. The lowest BCUT2D eigenvalue weighted by Gasteiger charge is -2.37. The Bertz CT molecular complexity index is 140. The Balaban J connectivity index is 1.84. The van der Waals surface area contributed by atoms with E-state index in [4.69, 9.17) is 0 Å². The van der Waals surface area contributed by atoms with Crippen LogP contribution >= 0.6 is 0 Å². The zero-order valence-corrected chi connectivity index (χ0v) is 9.30. The molecule has 2 aliphatic rings. The van der Waals surface area contributed by atoms with Crippen LogP contribution in [0.5, 0.6) is 0 Å². The first-order valence-electron chi connectivity index (χ1n) is 6.44.